The Morgan fingerprint density at radius 2 is 2.20 bits per heavy atom. The van der Waals surface area contributed by atoms with Crippen LogP contribution in [0.15, 0.2) is 18.2 Å². The Kier molecular flexibility index (Phi) is 2.37. The van der Waals surface area contributed by atoms with Crippen LogP contribution in [0.25, 0.3) is 10.9 Å². The average molecular weight is 220 g/mol. The van der Waals surface area contributed by atoms with Crippen LogP contribution in [-0.4, -0.2) is 9.78 Å². The molecule has 0 aliphatic rings. The Morgan fingerprint density at radius 3 is 2.80 bits per heavy atom. The summed E-state index contributed by atoms with van der Waals surface area (Å²) in [5.41, 5.74) is 1.30. The van der Waals surface area contributed by atoms with E-state index in [0.29, 0.717) is 10.7 Å². The average Bonchev–Trinajstić information content (AvgIpc) is 2.57. The largest absolute Gasteiger partial charge is 0.251 e. The van der Waals surface area contributed by atoms with Crippen LogP contribution in [0.1, 0.15) is 25.6 Å². The summed E-state index contributed by atoms with van der Waals surface area (Å²) in [5.74, 6) is 0. The number of benzene rings is 1. The maximum Gasteiger partial charge on any atom is 0.148 e. The molecule has 0 N–H and O–H groups in total. The second kappa shape index (κ2) is 3.56. The minimum absolute atomic E-state index is 0.156. The van der Waals surface area contributed by atoms with E-state index < -0.39 is 0 Å². The van der Waals surface area contributed by atoms with Crippen LogP contribution >= 0.6 is 11.6 Å². The lowest BCUT2D eigenvalue weighted by Crippen LogP contribution is -2.04. The highest BCUT2D eigenvalue weighted by molar-refractivity contribution is 6.35. The Labute approximate surface area is 92.9 Å². The molecular weight excluding hydrogens is 210 g/mol. The quantitative estimate of drug-likeness (QED) is 0.740. The number of fused-ring (bicyclic) bond motifs is 1. The first kappa shape index (κ1) is 10.0. The first-order valence-electron chi connectivity index (χ1n) is 4.72. The van der Waals surface area contributed by atoms with E-state index in [9.17, 15) is 0 Å². The molecule has 0 radical (unpaired) electrons. The maximum absolute atomic E-state index is 9.11. The zero-order valence-corrected chi connectivity index (χ0v) is 9.28. The zero-order valence-electron chi connectivity index (χ0n) is 8.53. The van der Waals surface area contributed by atoms with E-state index in [1.54, 1.807) is 10.7 Å². The molecule has 0 bridgehead atoms. The molecule has 1 aromatic carbocycles. The molecule has 0 saturated carbocycles. The number of halogens is 1. The topological polar surface area (TPSA) is 41.6 Å². The molecule has 3 nitrogen and oxygen atoms in total. The first-order chi connectivity index (χ1) is 7.15. The molecule has 0 amide bonds. The third-order valence-electron chi connectivity index (χ3n) is 2.27. The van der Waals surface area contributed by atoms with Crippen LogP contribution in [0.5, 0.6) is 0 Å². The summed E-state index contributed by atoms with van der Waals surface area (Å²) in [6, 6.07) is 7.79. The smallest absolute Gasteiger partial charge is 0.148 e. The fraction of sp³-hybridized carbons (Fsp3) is 0.273. The van der Waals surface area contributed by atoms with Crippen molar-refractivity contribution >= 4 is 22.5 Å². The van der Waals surface area contributed by atoms with Crippen molar-refractivity contribution in [3.8, 4) is 6.07 Å². The van der Waals surface area contributed by atoms with Crippen LogP contribution < -0.4 is 0 Å². The van der Waals surface area contributed by atoms with Gasteiger partial charge in [0, 0.05) is 6.04 Å². The highest BCUT2D eigenvalue weighted by atomic mass is 35.5. The van der Waals surface area contributed by atoms with E-state index in [1.807, 2.05) is 26.0 Å². The highest BCUT2D eigenvalue weighted by Crippen LogP contribution is 2.27. The Morgan fingerprint density at radius 1 is 1.47 bits per heavy atom. The molecule has 0 aliphatic heterocycles. The van der Waals surface area contributed by atoms with Crippen LogP contribution in [0.4, 0.5) is 0 Å². The van der Waals surface area contributed by atoms with E-state index >= 15 is 0 Å². The molecule has 76 valence electrons. The van der Waals surface area contributed by atoms with Gasteiger partial charge in [-0.25, -0.2) is 0 Å². The third-order valence-corrected chi connectivity index (χ3v) is 2.58. The third kappa shape index (κ3) is 1.47. The van der Waals surface area contributed by atoms with E-state index in [4.69, 9.17) is 16.9 Å². The molecule has 15 heavy (non-hydrogen) atoms. The minimum atomic E-state index is 0.156. The lowest BCUT2D eigenvalue weighted by atomic mass is 10.2. The maximum atomic E-state index is 9.11. The van der Waals surface area contributed by atoms with Crippen molar-refractivity contribution in [2.45, 2.75) is 19.9 Å². The summed E-state index contributed by atoms with van der Waals surface area (Å²) in [6.07, 6.45) is 0. The second-order valence-electron chi connectivity index (χ2n) is 3.63. The van der Waals surface area contributed by atoms with Gasteiger partial charge < -0.3 is 0 Å². The lowest BCUT2D eigenvalue weighted by Gasteiger charge is -2.05. The van der Waals surface area contributed by atoms with Gasteiger partial charge >= 0.3 is 0 Å². The van der Waals surface area contributed by atoms with Crippen LogP contribution in [0, 0.1) is 11.3 Å². The molecular formula is C11H10ClN3. The standard InChI is InChI=1S/C11H10ClN3/c1-7(2)15-10(6-13)11-8(12)4-3-5-9(11)14-15/h3-5,7H,1-2H3. The van der Waals surface area contributed by atoms with E-state index in [0.717, 1.165) is 10.9 Å². The van der Waals surface area contributed by atoms with Crippen molar-refractivity contribution in [1.29, 1.82) is 5.26 Å². The van der Waals surface area contributed by atoms with Gasteiger partial charge in [-0.15, -0.1) is 0 Å². The number of nitriles is 1. The van der Waals surface area contributed by atoms with Crippen LogP contribution in [-0.2, 0) is 0 Å². The molecule has 0 aliphatic carbocycles. The molecule has 0 unspecified atom stereocenters. The lowest BCUT2D eigenvalue weighted by molar-refractivity contribution is 0.532. The van der Waals surface area contributed by atoms with Gasteiger partial charge in [0.1, 0.15) is 11.8 Å². The molecule has 1 aromatic heterocycles. The van der Waals surface area contributed by atoms with Crippen molar-refractivity contribution in [3.05, 3.63) is 28.9 Å². The van der Waals surface area contributed by atoms with Crippen molar-refractivity contribution in [2.75, 3.05) is 0 Å². The van der Waals surface area contributed by atoms with Crippen molar-refractivity contribution in [1.82, 2.24) is 9.78 Å². The van der Waals surface area contributed by atoms with Crippen molar-refractivity contribution in [3.63, 3.8) is 0 Å². The van der Waals surface area contributed by atoms with Gasteiger partial charge in [-0.05, 0) is 26.0 Å². The van der Waals surface area contributed by atoms with Gasteiger partial charge in [-0.1, -0.05) is 17.7 Å². The highest BCUT2D eigenvalue weighted by Gasteiger charge is 2.14. The van der Waals surface area contributed by atoms with Gasteiger partial charge in [-0.3, -0.25) is 4.68 Å². The minimum Gasteiger partial charge on any atom is -0.251 e. The fourth-order valence-electron chi connectivity index (χ4n) is 1.59. The predicted octanol–water partition coefficient (Wildman–Crippen LogP) is 3.14. The number of aromatic nitrogens is 2. The molecule has 2 aromatic rings. The second-order valence-corrected chi connectivity index (χ2v) is 4.04. The van der Waals surface area contributed by atoms with Gasteiger partial charge in [0.25, 0.3) is 0 Å². The van der Waals surface area contributed by atoms with Crippen LogP contribution in [0.2, 0.25) is 5.02 Å². The first-order valence-corrected chi connectivity index (χ1v) is 5.09. The number of hydrogen-bond donors (Lipinski definition) is 0. The Bertz CT molecular complexity index is 549. The summed E-state index contributed by atoms with van der Waals surface area (Å²) in [6.45, 7) is 3.97. The van der Waals surface area contributed by atoms with Gasteiger partial charge in [0.15, 0.2) is 0 Å². The summed E-state index contributed by atoms with van der Waals surface area (Å²) >= 11 is 6.05. The molecule has 4 heteroatoms. The monoisotopic (exact) mass is 219 g/mol. The molecule has 1 heterocycles. The summed E-state index contributed by atoms with van der Waals surface area (Å²) < 4.78 is 1.70. The van der Waals surface area contributed by atoms with Crippen LogP contribution in [0.3, 0.4) is 0 Å². The van der Waals surface area contributed by atoms with Gasteiger partial charge in [0.2, 0.25) is 0 Å². The van der Waals surface area contributed by atoms with E-state index in [2.05, 4.69) is 11.2 Å². The Hall–Kier alpha value is -1.53. The zero-order chi connectivity index (χ0) is 11.0. The van der Waals surface area contributed by atoms with Crippen molar-refractivity contribution in [2.24, 2.45) is 0 Å². The number of rotatable bonds is 1. The number of hydrogen-bond acceptors (Lipinski definition) is 2. The van der Waals surface area contributed by atoms with Crippen molar-refractivity contribution < 1.29 is 0 Å². The summed E-state index contributed by atoms with van der Waals surface area (Å²) in [7, 11) is 0. The van der Waals surface area contributed by atoms with Gasteiger partial charge in [-0.2, -0.15) is 10.4 Å². The molecule has 0 fully saturated rings. The predicted molar refractivity (Wildman–Crippen MR) is 59.8 cm³/mol. The van der Waals surface area contributed by atoms with E-state index in [-0.39, 0.29) is 6.04 Å². The molecule has 0 atom stereocenters. The molecule has 0 saturated heterocycles. The summed E-state index contributed by atoms with van der Waals surface area (Å²) in [4.78, 5) is 0. The normalized spacial score (nSPS) is 10.9. The van der Waals surface area contributed by atoms with E-state index in [1.165, 1.54) is 0 Å². The number of nitrogens with zero attached hydrogens (tertiary/aromatic N) is 3. The fourth-order valence-corrected chi connectivity index (χ4v) is 1.85. The Balaban J connectivity index is 2.88. The molecule has 0 spiro atoms. The SMILES string of the molecule is CC(C)n1nc2cccc(Cl)c2c1C#N. The van der Waals surface area contributed by atoms with Gasteiger partial charge in [0.05, 0.1) is 15.9 Å². The summed E-state index contributed by atoms with van der Waals surface area (Å²) in [5, 5.41) is 14.8. The molecule has 2 rings (SSSR count).